The van der Waals surface area contributed by atoms with Crippen LogP contribution in [-0.2, 0) is 14.8 Å². The Bertz CT molecular complexity index is 999. The minimum atomic E-state index is -3.17. The molecule has 1 amide bonds. The molecule has 7 nitrogen and oxygen atoms in total. The van der Waals surface area contributed by atoms with E-state index in [0.717, 1.165) is 29.1 Å². The smallest absolute Gasteiger partial charge is 0.226 e. The molecule has 0 spiro atoms. The maximum atomic E-state index is 12.9. The van der Waals surface area contributed by atoms with Crippen LogP contribution in [0.25, 0.3) is 0 Å². The van der Waals surface area contributed by atoms with Crippen molar-refractivity contribution in [1.29, 1.82) is 0 Å². The van der Waals surface area contributed by atoms with Crippen LogP contribution >= 0.6 is 12.2 Å². The average Bonchev–Trinajstić information content (AvgIpc) is 2.72. The Hall–Kier alpha value is -1.71. The van der Waals surface area contributed by atoms with Gasteiger partial charge in [0, 0.05) is 32.6 Å². The standard InChI is InChI=1S/C24H34N4O3S2/c1-33(30,31)28-8-6-27(7-9-28)21-5-3-2-4-20(21)25-23(32)26-22(29)16-24-13-17-10-18(14-24)12-19(11-17)15-24/h2-5,17-19H,6-16H2,1H3,(H2,25,26,29,32). The molecule has 1 aromatic carbocycles. The van der Waals surface area contributed by atoms with Crippen LogP contribution in [0.2, 0.25) is 0 Å². The topological polar surface area (TPSA) is 81.8 Å². The number of benzene rings is 1. The van der Waals surface area contributed by atoms with E-state index >= 15 is 0 Å². The fourth-order valence-corrected chi connectivity index (χ4v) is 8.34. The summed E-state index contributed by atoms with van der Waals surface area (Å²) in [7, 11) is -3.17. The van der Waals surface area contributed by atoms with E-state index in [9.17, 15) is 13.2 Å². The Morgan fingerprint density at radius 2 is 1.61 bits per heavy atom. The number of sulfonamides is 1. The number of piperazine rings is 1. The van der Waals surface area contributed by atoms with Gasteiger partial charge in [0.05, 0.1) is 17.6 Å². The number of carbonyl (C=O) groups excluding carboxylic acids is 1. The number of amides is 1. The van der Waals surface area contributed by atoms with Crippen LogP contribution in [0.4, 0.5) is 11.4 Å². The van der Waals surface area contributed by atoms with E-state index in [4.69, 9.17) is 12.2 Å². The second kappa shape index (κ2) is 8.82. The normalized spacial score (nSPS) is 31.4. The van der Waals surface area contributed by atoms with E-state index in [1.807, 2.05) is 24.3 Å². The van der Waals surface area contributed by atoms with Crippen LogP contribution < -0.4 is 15.5 Å². The highest BCUT2D eigenvalue weighted by Gasteiger charge is 2.51. The van der Waals surface area contributed by atoms with Crippen molar-refractivity contribution in [1.82, 2.24) is 9.62 Å². The summed E-state index contributed by atoms with van der Waals surface area (Å²) in [5.74, 6) is 2.49. The minimum absolute atomic E-state index is 0.0219. The predicted molar refractivity (Wildman–Crippen MR) is 135 cm³/mol. The van der Waals surface area contributed by atoms with Gasteiger partial charge in [-0.1, -0.05) is 12.1 Å². The highest BCUT2D eigenvalue weighted by atomic mass is 32.2. The number of anilines is 2. The van der Waals surface area contributed by atoms with Gasteiger partial charge in [-0.15, -0.1) is 0 Å². The number of thiocarbonyl (C=S) groups is 1. The highest BCUT2D eigenvalue weighted by Crippen LogP contribution is 2.61. The number of hydrogen-bond acceptors (Lipinski definition) is 5. The molecular formula is C24H34N4O3S2. The van der Waals surface area contributed by atoms with Gasteiger partial charge in [0.1, 0.15) is 0 Å². The summed E-state index contributed by atoms with van der Waals surface area (Å²) in [4.78, 5) is 15.1. The van der Waals surface area contributed by atoms with Crippen molar-refractivity contribution in [2.24, 2.45) is 23.2 Å². The van der Waals surface area contributed by atoms with Gasteiger partial charge in [-0.25, -0.2) is 8.42 Å². The van der Waals surface area contributed by atoms with E-state index in [-0.39, 0.29) is 11.3 Å². The molecule has 0 radical (unpaired) electrons. The number of rotatable bonds is 5. The van der Waals surface area contributed by atoms with Crippen LogP contribution in [0.15, 0.2) is 24.3 Å². The summed E-state index contributed by atoms with van der Waals surface area (Å²) < 4.78 is 25.1. The first kappa shape index (κ1) is 23.1. The SMILES string of the molecule is CS(=O)(=O)N1CCN(c2ccccc2NC(=S)NC(=O)CC23CC4CC(CC(C4)C2)C3)CC1. The third-order valence-electron chi connectivity index (χ3n) is 8.15. The Morgan fingerprint density at radius 1 is 1.03 bits per heavy atom. The first-order valence-electron chi connectivity index (χ1n) is 12.1. The number of hydrogen-bond donors (Lipinski definition) is 2. The fraction of sp³-hybridized carbons (Fsp3) is 0.667. The largest absolute Gasteiger partial charge is 0.367 e. The van der Waals surface area contributed by atoms with Gasteiger partial charge in [0.25, 0.3) is 0 Å². The van der Waals surface area contributed by atoms with Crippen molar-refractivity contribution in [3.8, 4) is 0 Å². The lowest BCUT2D eigenvalue weighted by Crippen LogP contribution is -2.49. The van der Waals surface area contributed by atoms with Crippen molar-refractivity contribution in [2.45, 2.75) is 44.9 Å². The second-order valence-electron chi connectivity index (χ2n) is 10.8. The Balaban J connectivity index is 1.18. The molecule has 2 N–H and O–H groups in total. The van der Waals surface area contributed by atoms with Crippen molar-refractivity contribution in [3.63, 3.8) is 0 Å². The van der Waals surface area contributed by atoms with E-state index in [1.165, 1.54) is 49.1 Å². The van der Waals surface area contributed by atoms with Crippen molar-refractivity contribution in [3.05, 3.63) is 24.3 Å². The van der Waals surface area contributed by atoms with Crippen molar-refractivity contribution in [2.75, 3.05) is 42.7 Å². The van der Waals surface area contributed by atoms with Gasteiger partial charge in [0.15, 0.2) is 5.11 Å². The predicted octanol–water partition coefficient (Wildman–Crippen LogP) is 3.19. The molecule has 4 aliphatic carbocycles. The van der Waals surface area contributed by atoms with E-state index in [1.54, 1.807) is 0 Å². The molecule has 1 aliphatic heterocycles. The molecule has 33 heavy (non-hydrogen) atoms. The van der Waals surface area contributed by atoms with Gasteiger partial charge in [-0.05, 0) is 86.0 Å². The molecule has 5 aliphatic rings. The van der Waals surface area contributed by atoms with Crippen LogP contribution in [0.3, 0.4) is 0 Å². The molecule has 180 valence electrons. The number of para-hydroxylation sites is 2. The average molecular weight is 491 g/mol. The third kappa shape index (κ3) is 5.05. The highest BCUT2D eigenvalue weighted by molar-refractivity contribution is 7.88. The Kier molecular flexibility index (Phi) is 6.16. The fourth-order valence-electron chi connectivity index (χ4n) is 7.29. The maximum absolute atomic E-state index is 12.9. The lowest BCUT2D eigenvalue weighted by atomic mass is 9.49. The summed E-state index contributed by atoms with van der Waals surface area (Å²) in [6, 6.07) is 7.82. The van der Waals surface area contributed by atoms with Crippen molar-refractivity contribution >= 4 is 44.6 Å². The molecule has 4 saturated carbocycles. The Labute approximate surface area is 202 Å². The first-order chi connectivity index (χ1) is 15.7. The monoisotopic (exact) mass is 490 g/mol. The first-order valence-corrected chi connectivity index (χ1v) is 14.3. The third-order valence-corrected chi connectivity index (χ3v) is 9.66. The summed E-state index contributed by atoms with van der Waals surface area (Å²) >= 11 is 5.50. The molecule has 0 aromatic heterocycles. The molecule has 4 bridgehead atoms. The summed E-state index contributed by atoms with van der Waals surface area (Å²) in [5, 5.41) is 6.48. The Morgan fingerprint density at radius 3 is 2.18 bits per heavy atom. The lowest BCUT2D eigenvalue weighted by molar-refractivity contribution is -0.127. The lowest BCUT2D eigenvalue weighted by Gasteiger charge is -2.56. The van der Waals surface area contributed by atoms with Crippen LogP contribution in [0.1, 0.15) is 44.9 Å². The van der Waals surface area contributed by atoms with Gasteiger partial charge in [-0.2, -0.15) is 4.31 Å². The number of nitrogens with one attached hydrogen (secondary N) is 2. The van der Waals surface area contributed by atoms with Crippen LogP contribution in [0, 0.1) is 23.2 Å². The molecule has 1 aromatic rings. The summed E-state index contributed by atoms with van der Waals surface area (Å²) in [6.45, 7) is 2.13. The minimum Gasteiger partial charge on any atom is -0.367 e. The number of carbonyl (C=O) groups is 1. The second-order valence-corrected chi connectivity index (χ2v) is 13.2. The zero-order valence-electron chi connectivity index (χ0n) is 19.3. The molecule has 6 rings (SSSR count). The van der Waals surface area contributed by atoms with Crippen LogP contribution in [-0.4, -0.2) is 56.2 Å². The molecule has 1 saturated heterocycles. The summed E-state index contributed by atoms with van der Waals surface area (Å²) in [5.41, 5.74) is 1.97. The van der Waals surface area contributed by atoms with E-state index in [0.29, 0.717) is 37.7 Å². The van der Waals surface area contributed by atoms with E-state index < -0.39 is 10.0 Å². The maximum Gasteiger partial charge on any atom is 0.226 e. The molecular weight excluding hydrogens is 456 g/mol. The quantitative estimate of drug-likeness (QED) is 0.617. The zero-order valence-corrected chi connectivity index (χ0v) is 20.9. The van der Waals surface area contributed by atoms with Gasteiger partial charge in [0.2, 0.25) is 15.9 Å². The van der Waals surface area contributed by atoms with Gasteiger partial charge >= 0.3 is 0 Å². The molecule has 5 fully saturated rings. The molecule has 0 atom stereocenters. The van der Waals surface area contributed by atoms with Gasteiger partial charge < -0.3 is 15.5 Å². The van der Waals surface area contributed by atoms with E-state index in [2.05, 4.69) is 15.5 Å². The molecule has 1 heterocycles. The molecule has 9 heteroatoms. The van der Waals surface area contributed by atoms with Crippen LogP contribution in [0.5, 0.6) is 0 Å². The van der Waals surface area contributed by atoms with Crippen molar-refractivity contribution < 1.29 is 13.2 Å². The molecule has 0 unspecified atom stereocenters. The zero-order chi connectivity index (χ0) is 23.2. The number of nitrogens with zero attached hydrogens (tertiary/aromatic N) is 2. The summed E-state index contributed by atoms with van der Waals surface area (Å²) in [6.07, 6.45) is 9.55. The van der Waals surface area contributed by atoms with Gasteiger partial charge in [-0.3, -0.25) is 4.79 Å².